The quantitative estimate of drug-likeness (QED) is 0.0469. The molecular formula is C41H53F6N7O15S. The summed E-state index contributed by atoms with van der Waals surface area (Å²) in [6.45, 7) is -0.709. The number of ether oxygens (including phenoxy) is 4. The van der Waals surface area contributed by atoms with Gasteiger partial charge in [0, 0.05) is 44.7 Å². The number of rotatable bonds is 18. The third kappa shape index (κ3) is 13.1. The zero-order valence-corrected chi connectivity index (χ0v) is 38.1. The van der Waals surface area contributed by atoms with Gasteiger partial charge in [-0.2, -0.15) is 26.3 Å². The molecule has 6 rings (SSSR count). The molecule has 0 saturated carbocycles. The number of fused-ring (bicyclic) bond motifs is 2. The summed E-state index contributed by atoms with van der Waals surface area (Å²) in [5, 5.41) is 51.6. The highest BCUT2D eigenvalue weighted by Gasteiger charge is 2.57. The molecule has 22 nitrogen and oxygen atoms in total. The number of alkyl halides is 6. The van der Waals surface area contributed by atoms with Crippen LogP contribution in [-0.4, -0.2) is 213 Å². The Hall–Kier alpha value is -5.04. The maximum absolute atomic E-state index is 13.1. The Kier molecular flexibility index (Phi) is 17.9. The first-order valence-electron chi connectivity index (χ1n) is 22.1. The number of carbonyl (C=O) groups is 7. The second-order valence-corrected chi connectivity index (χ2v) is 18.3. The third-order valence-corrected chi connectivity index (χ3v) is 13.5. The molecule has 1 aromatic carbocycles. The minimum absolute atomic E-state index is 0.0338. The Labute approximate surface area is 399 Å². The number of nitrogens with one attached hydrogen (secondary N) is 4. The van der Waals surface area contributed by atoms with Crippen LogP contribution in [0.3, 0.4) is 0 Å². The molecule has 5 aliphatic heterocycles. The van der Waals surface area contributed by atoms with Crippen LogP contribution in [0.15, 0.2) is 18.2 Å². The molecule has 390 valence electrons. The molecule has 0 radical (unpaired) electrons. The van der Waals surface area contributed by atoms with Gasteiger partial charge in [0.2, 0.25) is 11.8 Å². The number of likely N-dealkylation sites (tertiary alicyclic amines) is 3. The largest absolute Gasteiger partial charge is 0.491 e. The lowest BCUT2D eigenvalue weighted by Gasteiger charge is -2.42. The van der Waals surface area contributed by atoms with E-state index in [2.05, 4.69) is 21.3 Å². The van der Waals surface area contributed by atoms with E-state index in [-0.39, 0.29) is 102 Å². The summed E-state index contributed by atoms with van der Waals surface area (Å²) in [5.41, 5.74) is 0.928. The van der Waals surface area contributed by atoms with Crippen LogP contribution in [0.25, 0.3) is 0 Å². The van der Waals surface area contributed by atoms with E-state index >= 15 is 0 Å². The van der Waals surface area contributed by atoms with E-state index in [0.717, 1.165) is 16.7 Å². The maximum Gasteiger partial charge on any atom is 0.471 e. The Morgan fingerprint density at radius 2 is 1.27 bits per heavy atom. The number of benzene rings is 1. The first-order chi connectivity index (χ1) is 33.0. The lowest BCUT2D eigenvalue weighted by molar-refractivity contribution is -0.207. The van der Waals surface area contributed by atoms with E-state index in [0.29, 0.717) is 20.9 Å². The molecular weight excluding hydrogens is 977 g/mol. The Bertz CT molecular complexity index is 2110. The fourth-order valence-electron chi connectivity index (χ4n) is 8.83. The SMILES string of the molecule is CC(=O)CSC1CC(=O)N(Cc2ccc(COCCNC(=O)NC[C@H]3O[C@H]4CCN(C(=O)C(F)(F)F)[C@H]4[C@@H](O)[C@H]3O)c(OCCNC(=O)NC[C@H]3O[C@H]4CCN(C(=O)C(F)(F)F)[C@H]4[C@@H](O)[C@H]3O)c2)C1=O. The molecule has 70 heavy (non-hydrogen) atoms. The van der Waals surface area contributed by atoms with Crippen molar-refractivity contribution in [2.24, 2.45) is 0 Å². The molecule has 0 bridgehead atoms. The summed E-state index contributed by atoms with van der Waals surface area (Å²) < 4.78 is 101. The van der Waals surface area contributed by atoms with Gasteiger partial charge < -0.3 is 70.4 Å². The van der Waals surface area contributed by atoms with E-state index < -0.39 is 114 Å². The summed E-state index contributed by atoms with van der Waals surface area (Å²) in [7, 11) is 0. The van der Waals surface area contributed by atoms with Crippen molar-refractivity contribution in [2.45, 2.75) is 118 Å². The molecule has 5 fully saturated rings. The summed E-state index contributed by atoms with van der Waals surface area (Å²) in [4.78, 5) is 88.2. The standard InChI is InChI=1S/C41H53F6N7O15S/c1-19(55)18-70-27-13-28(56)54(35(27)61)16-20-2-3-21(17-66-10-6-48-38(64)50-14-25-31(57)33(59)29-22(68-25)4-8-52(29)36(62)40(42,43)44)24(12-20)67-11-7-49-39(65)51-15-26-32(58)34(60)30-23(69-26)5-9-53(30)37(63)41(45,46)47/h2-3,12,22-23,25-27,29-34,57-60H,4-11,13-18H2,1H3,(H2,48,50,64)(H2,49,51,65)/t22-,23-,25+,26+,27?,29+,30+,31-,32-,33+,34+/m0/s1. The van der Waals surface area contributed by atoms with E-state index in [1.165, 1.54) is 6.92 Å². The number of ketones is 1. The number of nitrogens with zero attached hydrogens (tertiary/aromatic N) is 3. The molecule has 0 aromatic heterocycles. The van der Waals surface area contributed by atoms with Gasteiger partial charge in [-0.1, -0.05) is 12.1 Å². The molecule has 8 amide bonds. The van der Waals surface area contributed by atoms with Crippen molar-refractivity contribution in [1.29, 1.82) is 0 Å². The number of imide groups is 1. The highest BCUT2D eigenvalue weighted by Crippen LogP contribution is 2.37. The Morgan fingerprint density at radius 3 is 1.77 bits per heavy atom. The number of Topliss-reactive ketones (excluding diaryl/α,β-unsaturated/α-hetero) is 1. The molecule has 0 aliphatic carbocycles. The highest BCUT2D eigenvalue weighted by atomic mass is 32.2. The maximum atomic E-state index is 13.1. The molecule has 5 heterocycles. The van der Waals surface area contributed by atoms with Crippen LogP contribution in [0.4, 0.5) is 35.9 Å². The number of urea groups is 2. The zero-order valence-electron chi connectivity index (χ0n) is 37.3. The second kappa shape index (κ2) is 23.0. The molecule has 29 heteroatoms. The van der Waals surface area contributed by atoms with E-state index in [1.54, 1.807) is 18.2 Å². The topological polar surface area (TPSA) is 295 Å². The van der Waals surface area contributed by atoms with Gasteiger partial charge in [0.1, 0.15) is 54.8 Å². The van der Waals surface area contributed by atoms with Crippen molar-refractivity contribution in [1.82, 2.24) is 36.0 Å². The number of carbonyl (C=O) groups excluding carboxylic acids is 7. The average molecular weight is 1030 g/mol. The van der Waals surface area contributed by atoms with Gasteiger partial charge in [-0.15, -0.1) is 11.8 Å². The summed E-state index contributed by atoms with van der Waals surface area (Å²) in [5.74, 6) is -5.12. The summed E-state index contributed by atoms with van der Waals surface area (Å²) >= 11 is 1.07. The van der Waals surface area contributed by atoms with Gasteiger partial charge in [-0.25, -0.2) is 9.59 Å². The van der Waals surface area contributed by atoms with Crippen LogP contribution in [0.2, 0.25) is 0 Å². The minimum atomic E-state index is -5.20. The number of thioether (sulfide) groups is 1. The molecule has 1 aromatic rings. The normalized spacial score (nSPS) is 28.8. The zero-order chi connectivity index (χ0) is 51.2. The van der Waals surface area contributed by atoms with Crippen LogP contribution in [0, 0.1) is 0 Å². The fourth-order valence-corrected chi connectivity index (χ4v) is 9.79. The first kappa shape index (κ1) is 54.3. The molecule has 8 N–H and O–H groups in total. The van der Waals surface area contributed by atoms with Crippen molar-refractivity contribution in [2.75, 3.05) is 58.2 Å². The minimum Gasteiger partial charge on any atom is -0.491 e. The highest BCUT2D eigenvalue weighted by molar-refractivity contribution is 8.01. The summed E-state index contributed by atoms with van der Waals surface area (Å²) in [6.07, 6.45) is -22.1. The van der Waals surface area contributed by atoms with E-state index in [1.807, 2.05) is 0 Å². The van der Waals surface area contributed by atoms with E-state index in [4.69, 9.17) is 18.9 Å². The monoisotopic (exact) mass is 1030 g/mol. The van der Waals surface area contributed by atoms with E-state index in [9.17, 15) is 80.3 Å². The van der Waals surface area contributed by atoms with Gasteiger partial charge in [-0.05, 0) is 31.4 Å². The number of hydrogen-bond acceptors (Lipinski definition) is 16. The number of aliphatic hydroxyl groups is 4. The molecule has 5 saturated heterocycles. The van der Waals surface area contributed by atoms with Gasteiger partial charge in [-0.3, -0.25) is 28.9 Å². The van der Waals surface area contributed by atoms with Crippen LogP contribution >= 0.6 is 11.8 Å². The molecule has 5 aliphatic rings. The van der Waals surface area contributed by atoms with Gasteiger partial charge in [0.15, 0.2) is 0 Å². The average Bonchev–Trinajstić information content (AvgIpc) is 4.00. The molecule has 0 spiro atoms. The number of hydrogen-bond donors (Lipinski definition) is 8. The van der Waals surface area contributed by atoms with Crippen molar-refractivity contribution >= 4 is 53.2 Å². The smallest absolute Gasteiger partial charge is 0.471 e. The Morgan fingerprint density at radius 1 is 0.757 bits per heavy atom. The predicted molar refractivity (Wildman–Crippen MR) is 225 cm³/mol. The van der Waals surface area contributed by atoms with Crippen LogP contribution in [0.5, 0.6) is 5.75 Å². The third-order valence-electron chi connectivity index (χ3n) is 12.2. The van der Waals surface area contributed by atoms with Crippen molar-refractivity contribution in [3.05, 3.63) is 29.3 Å². The van der Waals surface area contributed by atoms with Crippen LogP contribution in [0.1, 0.15) is 37.3 Å². The summed E-state index contributed by atoms with van der Waals surface area (Å²) in [6, 6.07) is 0.384. The lowest BCUT2D eigenvalue weighted by Crippen LogP contribution is -2.63. The first-order valence-corrected chi connectivity index (χ1v) is 23.1. The van der Waals surface area contributed by atoms with Gasteiger partial charge in [0.05, 0.1) is 61.6 Å². The van der Waals surface area contributed by atoms with Crippen LogP contribution in [-0.2, 0) is 51.3 Å². The molecule has 1 unspecified atom stereocenters. The van der Waals surface area contributed by atoms with Gasteiger partial charge >= 0.3 is 36.2 Å². The lowest BCUT2D eigenvalue weighted by atomic mass is 9.93. The van der Waals surface area contributed by atoms with Crippen LogP contribution < -0.4 is 26.0 Å². The van der Waals surface area contributed by atoms with Crippen molar-refractivity contribution < 1.29 is 99.3 Å². The van der Waals surface area contributed by atoms with Crippen molar-refractivity contribution in [3.8, 4) is 5.75 Å². The van der Waals surface area contributed by atoms with Gasteiger partial charge in [0.25, 0.3) is 0 Å². The number of aliphatic hydroxyl groups excluding tert-OH is 4. The fraction of sp³-hybridized carbons (Fsp3) is 0.683. The predicted octanol–water partition coefficient (Wildman–Crippen LogP) is -1.57. The second-order valence-electron chi connectivity index (χ2n) is 17.1. The molecule has 11 atom stereocenters. The number of amides is 8. The number of halogens is 6. The van der Waals surface area contributed by atoms with Crippen molar-refractivity contribution in [3.63, 3.8) is 0 Å². The Balaban J connectivity index is 0.972.